The zero-order valence-electron chi connectivity index (χ0n) is 9.52. The number of aryl methyl sites for hydroxylation is 2. The van der Waals surface area contributed by atoms with Crippen molar-refractivity contribution < 1.29 is 0 Å². The molecule has 0 aliphatic rings. The first-order valence-corrected chi connectivity index (χ1v) is 5.88. The van der Waals surface area contributed by atoms with Gasteiger partial charge in [-0.15, -0.1) is 11.3 Å². The molecule has 0 saturated carbocycles. The molecule has 2 rings (SSSR count). The fourth-order valence-electron chi connectivity index (χ4n) is 1.31. The van der Waals surface area contributed by atoms with Crippen LogP contribution in [0.4, 0.5) is 5.95 Å². The maximum absolute atomic E-state index is 11.2. The van der Waals surface area contributed by atoms with Crippen LogP contribution >= 0.6 is 11.3 Å². The number of anilines is 1. The van der Waals surface area contributed by atoms with E-state index in [2.05, 4.69) is 20.5 Å². The third kappa shape index (κ3) is 3.25. The Morgan fingerprint density at radius 2 is 2.29 bits per heavy atom. The number of hydrogen-bond acceptors (Lipinski definition) is 5. The highest BCUT2D eigenvalue weighted by Gasteiger charge is 1.95. The molecule has 0 bridgehead atoms. The molecule has 88 valence electrons. The molecular weight excluding hydrogens is 236 g/mol. The second-order valence-corrected chi connectivity index (χ2v) is 4.87. The topological polar surface area (TPSA) is 70.1 Å². The van der Waals surface area contributed by atoms with Crippen LogP contribution in [0, 0.1) is 13.8 Å². The van der Waals surface area contributed by atoms with E-state index in [4.69, 9.17) is 0 Å². The fraction of sp³-hybridized carbons (Fsp3) is 0.182. The average Bonchev–Trinajstić information content (AvgIpc) is 2.63. The minimum atomic E-state index is -0.192. The summed E-state index contributed by atoms with van der Waals surface area (Å²) in [5.41, 5.74) is 3.15. The number of rotatable bonds is 3. The van der Waals surface area contributed by atoms with Crippen LogP contribution in [0.3, 0.4) is 0 Å². The first kappa shape index (κ1) is 11.5. The van der Waals surface area contributed by atoms with E-state index in [-0.39, 0.29) is 5.56 Å². The summed E-state index contributed by atoms with van der Waals surface area (Å²) >= 11 is 1.65. The van der Waals surface area contributed by atoms with Gasteiger partial charge in [-0.3, -0.25) is 9.78 Å². The van der Waals surface area contributed by atoms with Gasteiger partial charge < -0.3 is 0 Å². The molecule has 2 N–H and O–H groups in total. The highest BCUT2D eigenvalue weighted by molar-refractivity contribution is 7.13. The Kier molecular flexibility index (Phi) is 3.34. The van der Waals surface area contributed by atoms with Crippen LogP contribution in [0.2, 0.25) is 0 Å². The zero-order valence-corrected chi connectivity index (χ0v) is 10.3. The lowest BCUT2D eigenvalue weighted by molar-refractivity contribution is 1.04. The van der Waals surface area contributed by atoms with Gasteiger partial charge in [-0.2, -0.15) is 5.10 Å². The smallest absolute Gasteiger partial charge is 0.252 e. The number of aromatic nitrogens is 2. The Morgan fingerprint density at radius 3 is 2.94 bits per heavy atom. The van der Waals surface area contributed by atoms with E-state index >= 15 is 0 Å². The van der Waals surface area contributed by atoms with Crippen molar-refractivity contribution in [2.45, 2.75) is 13.8 Å². The number of aromatic amines is 1. The molecule has 0 atom stereocenters. The van der Waals surface area contributed by atoms with Gasteiger partial charge in [0, 0.05) is 21.5 Å². The highest BCUT2D eigenvalue weighted by atomic mass is 32.1. The largest absolute Gasteiger partial charge is 0.291 e. The van der Waals surface area contributed by atoms with E-state index in [1.165, 1.54) is 10.9 Å². The van der Waals surface area contributed by atoms with Crippen molar-refractivity contribution in [3.63, 3.8) is 0 Å². The van der Waals surface area contributed by atoms with Crippen LogP contribution in [-0.4, -0.2) is 16.2 Å². The molecule has 0 aliphatic carbocycles. The van der Waals surface area contributed by atoms with Crippen LogP contribution < -0.4 is 11.0 Å². The van der Waals surface area contributed by atoms with Gasteiger partial charge in [0.15, 0.2) is 0 Å². The molecule has 0 radical (unpaired) electrons. The molecule has 5 nitrogen and oxygen atoms in total. The summed E-state index contributed by atoms with van der Waals surface area (Å²) in [5, 5.41) is 4.01. The van der Waals surface area contributed by atoms with Crippen molar-refractivity contribution in [1.82, 2.24) is 9.97 Å². The molecule has 2 aromatic heterocycles. The van der Waals surface area contributed by atoms with Crippen molar-refractivity contribution >= 4 is 23.5 Å². The third-order valence-corrected chi connectivity index (χ3v) is 2.93. The lowest BCUT2D eigenvalue weighted by atomic mass is 10.4. The normalized spacial score (nSPS) is 10.9. The maximum atomic E-state index is 11.2. The number of H-pyrrole nitrogens is 1. The summed E-state index contributed by atoms with van der Waals surface area (Å²) in [6, 6.07) is 5.44. The zero-order chi connectivity index (χ0) is 12.3. The van der Waals surface area contributed by atoms with Crippen molar-refractivity contribution in [1.29, 1.82) is 0 Å². The number of hydrazone groups is 1. The molecule has 0 unspecified atom stereocenters. The minimum Gasteiger partial charge on any atom is -0.291 e. The molecule has 6 heteroatoms. The van der Waals surface area contributed by atoms with Gasteiger partial charge in [0.1, 0.15) is 0 Å². The maximum Gasteiger partial charge on any atom is 0.252 e. The van der Waals surface area contributed by atoms with Crippen LogP contribution in [0.15, 0.2) is 28.1 Å². The third-order valence-electron chi connectivity index (χ3n) is 1.99. The summed E-state index contributed by atoms with van der Waals surface area (Å²) in [5.74, 6) is 0.347. The SMILES string of the molecule is Cc1cc(=O)[nH]c(N/N=C/c2ccc(C)s2)n1. The van der Waals surface area contributed by atoms with Crippen molar-refractivity contribution in [3.05, 3.63) is 44.0 Å². The molecule has 2 heterocycles. The second-order valence-electron chi connectivity index (χ2n) is 3.55. The summed E-state index contributed by atoms with van der Waals surface area (Å²) in [7, 11) is 0. The van der Waals surface area contributed by atoms with Crippen LogP contribution in [0.1, 0.15) is 15.4 Å². The summed E-state index contributed by atoms with van der Waals surface area (Å²) < 4.78 is 0. The van der Waals surface area contributed by atoms with E-state index in [0.717, 1.165) is 4.88 Å². The van der Waals surface area contributed by atoms with E-state index in [9.17, 15) is 4.79 Å². The molecule has 17 heavy (non-hydrogen) atoms. The Labute approximate surface area is 102 Å². The van der Waals surface area contributed by atoms with Gasteiger partial charge in [0.2, 0.25) is 5.95 Å². The van der Waals surface area contributed by atoms with Crippen molar-refractivity contribution in [2.75, 3.05) is 5.43 Å². The van der Waals surface area contributed by atoms with Gasteiger partial charge in [0.05, 0.1) is 6.21 Å². The van der Waals surface area contributed by atoms with Crippen LogP contribution in [0.25, 0.3) is 0 Å². The molecule has 0 amide bonds. The lowest BCUT2D eigenvalue weighted by Gasteiger charge is -1.98. The molecule has 0 spiro atoms. The number of thiophene rings is 1. The van der Waals surface area contributed by atoms with Gasteiger partial charge in [-0.25, -0.2) is 10.4 Å². The predicted molar refractivity (Wildman–Crippen MR) is 69.9 cm³/mol. The first-order chi connectivity index (χ1) is 8.13. The first-order valence-electron chi connectivity index (χ1n) is 5.07. The molecule has 0 aromatic carbocycles. The van der Waals surface area contributed by atoms with Gasteiger partial charge in [-0.05, 0) is 26.0 Å². The van der Waals surface area contributed by atoms with E-state index < -0.39 is 0 Å². The molecule has 0 saturated heterocycles. The van der Waals surface area contributed by atoms with Crippen LogP contribution in [0.5, 0.6) is 0 Å². The monoisotopic (exact) mass is 248 g/mol. The number of hydrogen-bond donors (Lipinski definition) is 2. The molecule has 0 aliphatic heterocycles. The number of nitrogens with one attached hydrogen (secondary N) is 2. The summed E-state index contributed by atoms with van der Waals surface area (Å²) in [4.78, 5) is 20.1. The van der Waals surface area contributed by atoms with Crippen molar-refractivity contribution in [2.24, 2.45) is 5.10 Å². The Morgan fingerprint density at radius 1 is 1.47 bits per heavy atom. The van der Waals surface area contributed by atoms with Crippen LogP contribution in [-0.2, 0) is 0 Å². The standard InChI is InChI=1S/C11H12N4OS/c1-7-5-10(16)14-11(13-7)15-12-6-9-4-3-8(2)17-9/h3-6H,1-2H3,(H2,13,14,15,16)/b12-6+. The average molecular weight is 248 g/mol. The Bertz CT molecular complexity index is 600. The molecule has 0 fully saturated rings. The minimum absolute atomic E-state index is 0.192. The molecular formula is C11H12N4OS. The Hall–Kier alpha value is -1.95. The summed E-state index contributed by atoms with van der Waals surface area (Å²) in [6.07, 6.45) is 1.69. The second kappa shape index (κ2) is 4.92. The van der Waals surface area contributed by atoms with Crippen molar-refractivity contribution in [3.8, 4) is 0 Å². The predicted octanol–water partition coefficient (Wildman–Crippen LogP) is 1.89. The quantitative estimate of drug-likeness (QED) is 0.643. The molecule has 2 aromatic rings. The van der Waals surface area contributed by atoms with E-state index in [1.807, 2.05) is 19.1 Å². The van der Waals surface area contributed by atoms with Gasteiger partial charge in [-0.1, -0.05) is 0 Å². The van der Waals surface area contributed by atoms with E-state index in [1.54, 1.807) is 24.5 Å². The fourth-order valence-corrected chi connectivity index (χ4v) is 2.06. The van der Waals surface area contributed by atoms with Gasteiger partial charge >= 0.3 is 0 Å². The Balaban J connectivity index is 2.07. The highest BCUT2D eigenvalue weighted by Crippen LogP contribution is 2.12. The lowest BCUT2D eigenvalue weighted by Crippen LogP contribution is -2.10. The van der Waals surface area contributed by atoms with Gasteiger partial charge in [0.25, 0.3) is 5.56 Å². The van der Waals surface area contributed by atoms with E-state index in [0.29, 0.717) is 11.6 Å². The summed E-state index contributed by atoms with van der Waals surface area (Å²) in [6.45, 7) is 3.79. The number of nitrogens with zero attached hydrogens (tertiary/aromatic N) is 2.